The summed E-state index contributed by atoms with van der Waals surface area (Å²) in [5.74, 6) is 2.95. The molecule has 0 aliphatic carbocycles. The van der Waals surface area contributed by atoms with Gasteiger partial charge in [0, 0.05) is 0 Å². The van der Waals surface area contributed by atoms with Crippen LogP contribution in [0.1, 0.15) is 23.2 Å². The molecule has 0 atom stereocenters. The first-order valence-electron chi connectivity index (χ1n) is 7.52. The Morgan fingerprint density at radius 3 is 2.62 bits per heavy atom. The van der Waals surface area contributed by atoms with E-state index in [9.17, 15) is 4.39 Å². The maximum atomic E-state index is 12.8. The summed E-state index contributed by atoms with van der Waals surface area (Å²) >= 11 is 0. The number of furan rings is 1. The van der Waals surface area contributed by atoms with Crippen molar-refractivity contribution < 1.29 is 18.1 Å². The molecule has 0 bridgehead atoms. The minimum atomic E-state index is -0.306. The molecule has 0 saturated carbocycles. The molecule has 0 unspecified atom stereocenters. The fraction of sp³-hybridized carbons (Fsp3) is 0.294. The van der Waals surface area contributed by atoms with Crippen LogP contribution >= 0.6 is 0 Å². The molecule has 0 N–H and O–H groups in total. The second-order valence-corrected chi connectivity index (χ2v) is 5.53. The summed E-state index contributed by atoms with van der Waals surface area (Å²) in [4.78, 5) is 6.29. The molecule has 0 aliphatic rings. The van der Waals surface area contributed by atoms with E-state index in [-0.39, 0.29) is 12.4 Å². The van der Waals surface area contributed by atoms with E-state index in [1.54, 1.807) is 12.1 Å². The first kappa shape index (κ1) is 16.2. The van der Waals surface area contributed by atoms with Crippen LogP contribution in [-0.4, -0.2) is 22.1 Å². The lowest BCUT2D eigenvalue weighted by atomic mass is 10.3. The number of halogens is 1. The molecule has 7 heteroatoms. The average Bonchev–Trinajstić information content (AvgIpc) is 3.16. The molecule has 0 spiro atoms. The molecule has 0 saturated heterocycles. The van der Waals surface area contributed by atoms with Crippen molar-refractivity contribution in [3.05, 3.63) is 65.5 Å². The minimum absolute atomic E-state index is 0.163. The van der Waals surface area contributed by atoms with Gasteiger partial charge in [0.2, 0.25) is 11.7 Å². The predicted octanol–water partition coefficient (Wildman–Crippen LogP) is 3.32. The monoisotopic (exact) mass is 331 g/mol. The van der Waals surface area contributed by atoms with E-state index < -0.39 is 0 Å². The van der Waals surface area contributed by atoms with Crippen LogP contribution < -0.4 is 4.74 Å². The van der Waals surface area contributed by atoms with Gasteiger partial charge in [-0.25, -0.2) is 4.39 Å². The molecule has 0 aliphatic heterocycles. The van der Waals surface area contributed by atoms with E-state index >= 15 is 0 Å². The standard InChI is InChI=1S/C17H18FN3O3/c1-12-3-6-15(23-12)9-21(2)10-17-19-16(20-24-17)11-22-14-7-4-13(18)5-8-14/h3-8H,9-11H2,1-2H3. The van der Waals surface area contributed by atoms with Gasteiger partial charge in [-0.15, -0.1) is 0 Å². The third-order valence-electron chi connectivity index (χ3n) is 3.32. The molecule has 0 fully saturated rings. The van der Waals surface area contributed by atoms with E-state index in [1.165, 1.54) is 12.1 Å². The fourth-order valence-corrected chi connectivity index (χ4v) is 2.21. The number of nitrogens with zero attached hydrogens (tertiary/aromatic N) is 3. The lowest BCUT2D eigenvalue weighted by molar-refractivity contribution is 0.241. The molecule has 0 radical (unpaired) electrons. The highest BCUT2D eigenvalue weighted by Gasteiger charge is 2.11. The highest BCUT2D eigenvalue weighted by Crippen LogP contribution is 2.13. The summed E-state index contributed by atoms with van der Waals surface area (Å²) in [6, 6.07) is 9.65. The molecule has 3 rings (SSSR count). The lowest BCUT2D eigenvalue weighted by Gasteiger charge is -2.11. The van der Waals surface area contributed by atoms with Crippen molar-refractivity contribution >= 4 is 0 Å². The van der Waals surface area contributed by atoms with E-state index in [4.69, 9.17) is 13.7 Å². The van der Waals surface area contributed by atoms with Crippen molar-refractivity contribution in [3.63, 3.8) is 0 Å². The van der Waals surface area contributed by atoms with Crippen LogP contribution in [0.4, 0.5) is 4.39 Å². The van der Waals surface area contributed by atoms with Crippen LogP contribution in [0.15, 0.2) is 45.3 Å². The molecule has 1 aromatic carbocycles. The summed E-state index contributed by atoms with van der Waals surface area (Å²) in [6.45, 7) is 3.23. The molecule has 24 heavy (non-hydrogen) atoms. The van der Waals surface area contributed by atoms with Crippen LogP contribution in [0.25, 0.3) is 0 Å². The molecule has 2 aromatic heterocycles. The van der Waals surface area contributed by atoms with Crippen molar-refractivity contribution in [2.45, 2.75) is 26.6 Å². The van der Waals surface area contributed by atoms with Gasteiger partial charge in [-0.2, -0.15) is 4.98 Å². The van der Waals surface area contributed by atoms with Gasteiger partial charge in [0.15, 0.2) is 6.61 Å². The third-order valence-corrected chi connectivity index (χ3v) is 3.32. The smallest absolute Gasteiger partial charge is 0.240 e. The highest BCUT2D eigenvalue weighted by atomic mass is 19.1. The zero-order chi connectivity index (χ0) is 16.9. The first-order chi connectivity index (χ1) is 11.6. The second-order valence-electron chi connectivity index (χ2n) is 5.53. The van der Waals surface area contributed by atoms with Crippen LogP contribution in [0.2, 0.25) is 0 Å². The topological polar surface area (TPSA) is 64.5 Å². The van der Waals surface area contributed by atoms with Crippen molar-refractivity contribution in [3.8, 4) is 5.75 Å². The number of rotatable bonds is 7. The molecular weight excluding hydrogens is 313 g/mol. The fourth-order valence-electron chi connectivity index (χ4n) is 2.21. The Labute approximate surface area is 138 Å². The zero-order valence-corrected chi connectivity index (χ0v) is 13.5. The van der Waals surface area contributed by atoms with Crippen LogP contribution in [-0.2, 0) is 19.7 Å². The number of ether oxygens (including phenoxy) is 1. The summed E-state index contributed by atoms with van der Waals surface area (Å²) in [5.41, 5.74) is 0. The summed E-state index contributed by atoms with van der Waals surface area (Å²) < 4.78 is 29.1. The van der Waals surface area contributed by atoms with Gasteiger partial charge in [0.25, 0.3) is 0 Å². The Bertz CT molecular complexity index is 782. The first-order valence-corrected chi connectivity index (χ1v) is 7.52. The Morgan fingerprint density at radius 2 is 1.92 bits per heavy atom. The summed E-state index contributed by atoms with van der Waals surface area (Å²) in [7, 11) is 1.94. The Balaban J connectivity index is 1.50. The highest BCUT2D eigenvalue weighted by molar-refractivity contribution is 5.22. The lowest BCUT2D eigenvalue weighted by Crippen LogP contribution is -2.17. The van der Waals surface area contributed by atoms with Crippen LogP contribution in [0, 0.1) is 12.7 Å². The SMILES string of the molecule is Cc1ccc(CN(C)Cc2nc(COc3ccc(F)cc3)no2)o1. The number of aryl methyl sites for hydroxylation is 1. The van der Waals surface area contributed by atoms with Gasteiger partial charge in [-0.1, -0.05) is 5.16 Å². The maximum absolute atomic E-state index is 12.8. The average molecular weight is 331 g/mol. The molecular formula is C17H18FN3O3. The predicted molar refractivity (Wildman–Crippen MR) is 83.6 cm³/mol. The number of hydrogen-bond acceptors (Lipinski definition) is 6. The summed E-state index contributed by atoms with van der Waals surface area (Å²) in [5, 5.41) is 3.88. The third kappa shape index (κ3) is 4.42. The normalized spacial score (nSPS) is 11.2. The molecule has 0 amide bonds. The Kier molecular flexibility index (Phi) is 4.90. The van der Waals surface area contributed by atoms with E-state index in [0.717, 1.165) is 11.5 Å². The van der Waals surface area contributed by atoms with Crippen molar-refractivity contribution in [1.29, 1.82) is 0 Å². The maximum Gasteiger partial charge on any atom is 0.240 e. The van der Waals surface area contributed by atoms with E-state index in [1.807, 2.05) is 31.0 Å². The summed E-state index contributed by atoms with van der Waals surface area (Å²) in [6.07, 6.45) is 0. The molecule has 2 heterocycles. The van der Waals surface area contributed by atoms with Gasteiger partial charge in [-0.05, 0) is 50.4 Å². The van der Waals surface area contributed by atoms with E-state index in [2.05, 4.69) is 10.1 Å². The van der Waals surface area contributed by atoms with Crippen molar-refractivity contribution in [2.75, 3.05) is 7.05 Å². The molecule has 126 valence electrons. The van der Waals surface area contributed by atoms with E-state index in [0.29, 0.717) is 30.6 Å². The Hall–Kier alpha value is -2.67. The van der Waals surface area contributed by atoms with Crippen LogP contribution in [0.5, 0.6) is 5.75 Å². The number of hydrogen-bond donors (Lipinski definition) is 0. The van der Waals surface area contributed by atoms with Gasteiger partial charge < -0.3 is 13.7 Å². The van der Waals surface area contributed by atoms with Gasteiger partial charge in [-0.3, -0.25) is 4.90 Å². The van der Waals surface area contributed by atoms with Gasteiger partial charge in [0.05, 0.1) is 13.1 Å². The van der Waals surface area contributed by atoms with Crippen LogP contribution in [0.3, 0.4) is 0 Å². The zero-order valence-electron chi connectivity index (χ0n) is 13.5. The van der Waals surface area contributed by atoms with Gasteiger partial charge in [0.1, 0.15) is 23.1 Å². The molecule has 3 aromatic rings. The van der Waals surface area contributed by atoms with Crippen molar-refractivity contribution in [2.24, 2.45) is 0 Å². The quantitative estimate of drug-likeness (QED) is 0.662. The largest absolute Gasteiger partial charge is 0.485 e. The number of aromatic nitrogens is 2. The Morgan fingerprint density at radius 1 is 1.12 bits per heavy atom. The van der Waals surface area contributed by atoms with Crippen molar-refractivity contribution in [1.82, 2.24) is 15.0 Å². The number of benzene rings is 1. The minimum Gasteiger partial charge on any atom is -0.485 e. The molecule has 6 nitrogen and oxygen atoms in total. The van der Waals surface area contributed by atoms with Gasteiger partial charge >= 0.3 is 0 Å². The second kappa shape index (κ2) is 7.27.